The number of carbonyl (C=O) groups excluding carboxylic acids is 1. The molecule has 0 amide bonds. The van der Waals surface area contributed by atoms with E-state index in [0.717, 1.165) is 4.88 Å². The predicted molar refractivity (Wildman–Crippen MR) is 38.0 cm³/mol. The Hall–Kier alpha value is -0.740. The smallest absolute Gasteiger partial charge is 0.188 e. The van der Waals surface area contributed by atoms with Gasteiger partial charge in [0.2, 0.25) is 0 Å². The highest BCUT2D eigenvalue weighted by molar-refractivity contribution is 7.13. The van der Waals surface area contributed by atoms with Crippen LogP contribution in [0.25, 0.3) is 0 Å². The third kappa shape index (κ3) is 1.40. The molecular formula is C6H7NO2S. The highest BCUT2D eigenvalue weighted by Gasteiger charge is 2.03. The molecule has 1 aromatic rings. The number of aliphatic hydroxyl groups is 1. The molecule has 0 saturated heterocycles. The number of aromatic nitrogens is 1. The summed E-state index contributed by atoms with van der Waals surface area (Å²) in [6, 6.07) is 0. The second-order valence-electron chi connectivity index (χ2n) is 1.85. The van der Waals surface area contributed by atoms with Crippen molar-refractivity contribution in [2.24, 2.45) is 0 Å². The van der Waals surface area contributed by atoms with Gasteiger partial charge in [-0.05, 0) is 0 Å². The molecule has 0 aromatic carbocycles. The summed E-state index contributed by atoms with van der Waals surface area (Å²) in [5.41, 5.74) is 0. The lowest BCUT2D eigenvalue weighted by atomic mass is 10.5. The third-order valence-corrected chi connectivity index (χ3v) is 2.09. The molecule has 0 bridgehead atoms. The van der Waals surface area contributed by atoms with E-state index in [0.29, 0.717) is 5.01 Å². The number of aliphatic hydroxyl groups excluding tert-OH is 1. The molecule has 4 heteroatoms. The molecule has 0 unspecified atom stereocenters. The summed E-state index contributed by atoms with van der Waals surface area (Å²) in [5.74, 6) is -0.0512. The Balaban J connectivity index is 2.88. The van der Waals surface area contributed by atoms with Gasteiger partial charge in [0.05, 0.1) is 11.5 Å². The van der Waals surface area contributed by atoms with Crippen LogP contribution in [0.5, 0.6) is 0 Å². The van der Waals surface area contributed by atoms with Gasteiger partial charge >= 0.3 is 0 Å². The molecule has 1 aromatic heterocycles. The topological polar surface area (TPSA) is 50.2 Å². The van der Waals surface area contributed by atoms with E-state index in [1.54, 1.807) is 0 Å². The van der Waals surface area contributed by atoms with E-state index in [2.05, 4.69) is 4.98 Å². The second-order valence-corrected chi connectivity index (χ2v) is 2.96. The van der Waals surface area contributed by atoms with Crippen molar-refractivity contribution in [3.63, 3.8) is 0 Å². The van der Waals surface area contributed by atoms with E-state index < -0.39 is 0 Å². The van der Waals surface area contributed by atoms with E-state index in [9.17, 15) is 4.79 Å². The maximum atomic E-state index is 10.6. The van der Waals surface area contributed by atoms with Crippen molar-refractivity contribution in [1.82, 2.24) is 4.98 Å². The van der Waals surface area contributed by atoms with Crippen LogP contribution in [0.4, 0.5) is 0 Å². The van der Waals surface area contributed by atoms with Gasteiger partial charge in [0, 0.05) is 13.1 Å². The standard InChI is InChI=1S/C6H7NO2S/c1-4(9)6-7-2-5(3-8)10-6/h2,8H,3H2,1H3. The highest BCUT2D eigenvalue weighted by Crippen LogP contribution is 2.12. The molecule has 0 aliphatic carbocycles. The first kappa shape index (κ1) is 7.37. The van der Waals surface area contributed by atoms with E-state index in [1.165, 1.54) is 24.5 Å². The van der Waals surface area contributed by atoms with Crippen LogP contribution in [0, 0.1) is 0 Å². The number of ketones is 1. The Morgan fingerprint density at radius 1 is 1.90 bits per heavy atom. The molecular weight excluding hydrogens is 150 g/mol. The summed E-state index contributed by atoms with van der Waals surface area (Å²) < 4.78 is 0. The fourth-order valence-electron chi connectivity index (χ4n) is 0.543. The first-order chi connectivity index (χ1) is 4.74. The highest BCUT2D eigenvalue weighted by atomic mass is 32.1. The van der Waals surface area contributed by atoms with Gasteiger partial charge in [-0.1, -0.05) is 0 Å². The Morgan fingerprint density at radius 3 is 2.90 bits per heavy atom. The number of nitrogens with zero attached hydrogens (tertiary/aromatic N) is 1. The van der Waals surface area contributed by atoms with Gasteiger partial charge in [0.25, 0.3) is 0 Å². The van der Waals surface area contributed by atoms with E-state index >= 15 is 0 Å². The first-order valence-corrected chi connectivity index (χ1v) is 3.62. The van der Waals surface area contributed by atoms with Gasteiger partial charge in [0.15, 0.2) is 10.8 Å². The van der Waals surface area contributed by atoms with Crippen LogP contribution < -0.4 is 0 Å². The lowest BCUT2D eigenvalue weighted by molar-refractivity contribution is 0.101. The average molecular weight is 157 g/mol. The third-order valence-electron chi connectivity index (χ3n) is 1.01. The number of rotatable bonds is 2. The van der Waals surface area contributed by atoms with Crippen molar-refractivity contribution in [3.8, 4) is 0 Å². The largest absolute Gasteiger partial charge is 0.391 e. The van der Waals surface area contributed by atoms with Gasteiger partial charge < -0.3 is 5.11 Å². The van der Waals surface area contributed by atoms with Crippen LogP contribution in [0.15, 0.2) is 6.20 Å². The molecule has 1 rings (SSSR count). The average Bonchev–Trinajstić information content (AvgIpc) is 2.34. The molecule has 0 atom stereocenters. The van der Waals surface area contributed by atoms with Crippen molar-refractivity contribution in [1.29, 1.82) is 0 Å². The van der Waals surface area contributed by atoms with Crippen molar-refractivity contribution < 1.29 is 9.90 Å². The summed E-state index contributed by atoms with van der Waals surface area (Å²) in [6.07, 6.45) is 1.52. The quantitative estimate of drug-likeness (QED) is 0.647. The fourth-order valence-corrected chi connectivity index (χ4v) is 1.21. The molecule has 1 N–H and O–H groups in total. The SMILES string of the molecule is CC(=O)c1ncc(CO)s1. The van der Waals surface area contributed by atoms with Crippen molar-refractivity contribution in [2.45, 2.75) is 13.5 Å². The lowest BCUT2D eigenvalue weighted by Gasteiger charge is -1.81. The Bertz CT molecular complexity index is 244. The summed E-state index contributed by atoms with van der Waals surface area (Å²) in [6.45, 7) is 1.42. The first-order valence-electron chi connectivity index (χ1n) is 2.80. The number of Topliss-reactive ketones (excluding diaryl/α,β-unsaturated/α-hetero) is 1. The van der Waals surface area contributed by atoms with Crippen LogP contribution in [-0.2, 0) is 6.61 Å². The van der Waals surface area contributed by atoms with E-state index in [4.69, 9.17) is 5.11 Å². The molecule has 1 heterocycles. The Morgan fingerprint density at radius 2 is 2.60 bits per heavy atom. The van der Waals surface area contributed by atoms with Crippen molar-refractivity contribution in [3.05, 3.63) is 16.1 Å². The minimum atomic E-state index is -0.0512. The van der Waals surface area contributed by atoms with Gasteiger partial charge in [-0.3, -0.25) is 4.79 Å². The Labute approximate surface area is 62.3 Å². The van der Waals surface area contributed by atoms with Crippen LogP contribution in [0.1, 0.15) is 21.6 Å². The molecule has 0 aliphatic rings. The minimum absolute atomic E-state index is 0.0368. The van der Waals surface area contributed by atoms with Crippen LogP contribution >= 0.6 is 11.3 Å². The van der Waals surface area contributed by atoms with Gasteiger partial charge in [-0.15, -0.1) is 11.3 Å². The van der Waals surface area contributed by atoms with Gasteiger partial charge in [-0.25, -0.2) is 4.98 Å². The molecule has 54 valence electrons. The lowest BCUT2D eigenvalue weighted by Crippen LogP contribution is -1.87. The zero-order chi connectivity index (χ0) is 7.56. The van der Waals surface area contributed by atoms with Crippen molar-refractivity contribution >= 4 is 17.1 Å². The summed E-state index contributed by atoms with van der Waals surface area (Å²) in [7, 11) is 0. The molecule has 0 fully saturated rings. The summed E-state index contributed by atoms with van der Waals surface area (Å²) in [4.78, 5) is 15.2. The zero-order valence-corrected chi connectivity index (χ0v) is 6.31. The molecule has 0 spiro atoms. The van der Waals surface area contributed by atoms with Gasteiger partial charge in [-0.2, -0.15) is 0 Å². The molecule has 0 aliphatic heterocycles. The predicted octanol–water partition coefficient (Wildman–Crippen LogP) is 0.838. The number of thiazole rings is 1. The normalized spacial score (nSPS) is 9.80. The maximum Gasteiger partial charge on any atom is 0.188 e. The van der Waals surface area contributed by atoms with Gasteiger partial charge in [0.1, 0.15) is 0 Å². The van der Waals surface area contributed by atoms with Crippen LogP contribution in [0.2, 0.25) is 0 Å². The summed E-state index contributed by atoms with van der Waals surface area (Å²) >= 11 is 1.23. The monoisotopic (exact) mass is 157 g/mol. The molecule has 0 radical (unpaired) electrons. The number of hydrogen-bond donors (Lipinski definition) is 1. The summed E-state index contributed by atoms with van der Waals surface area (Å²) in [5, 5.41) is 9.05. The Kier molecular flexibility index (Phi) is 2.13. The molecule has 10 heavy (non-hydrogen) atoms. The number of carbonyl (C=O) groups is 1. The van der Waals surface area contributed by atoms with Crippen molar-refractivity contribution in [2.75, 3.05) is 0 Å². The maximum absolute atomic E-state index is 10.6. The van der Waals surface area contributed by atoms with E-state index in [-0.39, 0.29) is 12.4 Å². The van der Waals surface area contributed by atoms with Crippen LogP contribution in [-0.4, -0.2) is 15.9 Å². The molecule has 3 nitrogen and oxygen atoms in total. The minimum Gasteiger partial charge on any atom is -0.391 e. The fraction of sp³-hybridized carbons (Fsp3) is 0.333. The second kappa shape index (κ2) is 2.90. The van der Waals surface area contributed by atoms with E-state index in [1.807, 2.05) is 0 Å². The van der Waals surface area contributed by atoms with Crippen LogP contribution in [0.3, 0.4) is 0 Å². The zero-order valence-electron chi connectivity index (χ0n) is 5.50. The number of hydrogen-bond acceptors (Lipinski definition) is 4. The molecule has 0 saturated carbocycles.